The Morgan fingerprint density at radius 3 is 2.48 bits per heavy atom. The molecule has 1 aliphatic rings. The Hall–Kier alpha value is -1.52. The molecule has 2 aromatic carbocycles. The van der Waals surface area contributed by atoms with Crippen molar-refractivity contribution >= 4 is 39.9 Å². The topological polar surface area (TPSA) is 55.1 Å². The standard InChI is InChI=1S/C18H19BrN2O.ClH/c19-15-3-1-2-14(11-15)18(8-9-18)12-21-17(22)10-13-4-6-16(20)7-5-13;/h1-7,11H,8-10,12,20H2,(H,21,22);1H. The van der Waals surface area contributed by atoms with Crippen LogP contribution >= 0.6 is 28.3 Å². The average Bonchev–Trinajstić information content (AvgIpc) is 3.29. The van der Waals surface area contributed by atoms with Crippen LogP contribution in [0.1, 0.15) is 24.0 Å². The number of rotatable bonds is 5. The van der Waals surface area contributed by atoms with Crippen LogP contribution in [-0.2, 0) is 16.6 Å². The molecule has 5 heteroatoms. The summed E-state index contributed by atoms with van der Waals surface area (Å²) in [5.74, 6) is 0.0612. The summed E-state index contributed by atoms with van der Waals surface area (Å²) < 4.78 is 1.09. The van der Waals surface area contributed by atoms with Gasteiger partial charge in [0.1, 0.15) is 0 Å². The molecule has 0 aromatic heterocycles. The number of amides is 1. The molecule has 1 fully saturated rings. The minimum atomic E-state index is 0. The monoisotopic (exact) mass is 394 g/mol. The van der Waals surface area contributed by atoms with Gasteiger partial charge < -0.3 is 11.1 Å². The summed E-state index contributed by atoms with van der Waals surface area (Å²) in [6, 6.07) is 15.8. The number of carbonyl (C=O) groups excluding carboxylic acids is 1. The van der Waals surface area contributed by atoms with Gasteiger partial charge in [0.2, 0.25) is 5.91 Å². The SMILES string of the molecule is Cl.Nc1ccc(CC(=O)NCC2(c3cccc(Br)c3)CC2)cc1. The molecule has 0 heterocycles. The highest BCUT2D eigenvalue weighted by molar-refractivity contribution is 9.10. The molecule has 0 atom stereocenters. The van der Waals surface area contributed by atoms with E-state index in [2.05, 4.69) is 39.4 Å². The van der Waals surface area contributed by atoms with Gasteiger partial charge >= 0.3 is 0 Å². The predicted octanol–water partition coefficient (Wildman–Crippen LogP) is 3.84. The zero-order valence-electron chi connectivity index (χ0n) is 12.7. The van der Waals surface area contributed by atoms with Gasteiger partial charge in [-0.3, -0.25) is 4.79 Å². The van der Waals surface area contributed by atoms with Crippen LogP contribution in [0.25, 0.3) is 0 Å². The predicted molar refractivity (Wildman–Crippen MR) is 99.9 cm³/mol. The molecule has 0 bridgehead atoms. The molecule has 3 nitrogen and oxygen atoms in total. The van der Waals surface area contributed by atoms with Gasteiger partial charge in [0, 0.05) is 22.1 Å². The van der Waals surface area contributed by atoms with Gasteiger partial charge in [0.15, 0.2) is 0 Å². The summed E-state index contributed by atoms with van der Waals surface area (Å²) in [4.78, 5) is 12.1. The van der Waals surface area contributed by atoms with E-state index in [0.717, 1.165) is 28.6 Å². The van der Waals surface area contributed by atoms with Crippen molar-refractivity contribution in [1.29, 1.82) is 0 Å². The van der Waals surface area contributed by atoms with Crippen molar-refractivity contribution in [3.8, 4) is 0 Å². The summed E-state index contributed by atoms with van der Waals surface area (Å²) >= 11 is 3.51. The van der Waals surface area contributed by atoms with Crippen LogP contribution in [0.2, 0.25) is 0 Å². The van der Waals surface area contributed by atoms with Gasteiger partial charge in [-0.2, -0.15) is 0 Å². The van der Waals surface area contributed by atoms with Crippen molar-refractivity contribution in [2.75, 3.05) is 12.3 Å². The van der Waals surface area contributed by atoms with Crippen LogP contribution in [0.5, 0.6) is 0 Å². The minimum Gasteiger partial charge on any atom is -0.399 e. The molecular weight excluding hydrogens is 376 g/mol. The summed E-state index contributed by atoms with van der Waals surface area (Å²) in [6.45, 7) is 0.706. The summed E-state index contributed by atoms with van der Waals surface area (Å²) in [6.07, 6.45) is 2.66. The molecule has 1 aliphatic carbocycles. The van der Waals surface area contributed by atoms with Crippen LogP contribution in [0.4, 0.5) is 5.69 Å². The molecule has 0 unspecified atom stereocenters. The van der Waals surface area contributed by atoms with E-state index in [9.17, 15) is 4.79 Å². The Labute approximate surface area is 151 Å². The first-order chi connectivity index (χ1) is 10.6. The zero-order chi connectivity index (χ0) is 15.6. The molecule has 23 heavy (non-hydrogen) atoms. The smallest absolute Gasteiger partial charge is 0.224 e. The number of benzene rings is 2. The average molecular weight is 396 g/mol. The quantitative estimate of drug-likeness (QED) is 0.756. The lowest BCUT2D eigenvalue weighted by molar-refractivity contribution is -0.120. The number of hydrogen-bond acceptors (Lipinski definition) is 2. The van der Waals surface area contributed by atoms with Gasteiger partial charge in [-0.05, 0) is 48.2 Å². The molecule has 3 N–H and O–H groups in total. The number of nitrogens with two attached hydrogens (primary N) is 1. The molecule has 1 amide bonds. The maximum Gasteiger partial charge on any atom is 0.224 e. The number of nitrogens with one attached hydrogen (secondary N) is 1. The van der Waals surface area contributed by atoms with E-state index in [4.69, 9.17) is 5.73 Å². The lowest BCUT2D eigenvalue weighted by atomic mass is 9.96. The third-order valence-electron chi connectivity index (χ3n) is 4.26. The molecule has 0 spiro atoms. The van der Waals surface area contributed by atoms with Crippen LogP contribution in [0, 0.1) is 0 Å². The second-order valence-electron chi connectivity index (χ2n) is 5.99. The first kappa shape index (κ1) is 17.8. The van der Waals surface area contributed by atoms with Gasteiger partial charge in [-0.25, -0.2) is 0 Å². The number of hydrogen-bond donors (Lipinski definition) is 2. The van der Waals surface area contributed by atoms with E-state index in [1.807, 2.05) is 30.3 Å². The fraction of sp³-hybridized carbons (Fsp3) is 0.278. The van der Waals surface area contributed by atoms with Gasteiger partial charge in [-0.1, -0.05) is 40.2 Å². The van der Waals surface area contributed by atoms with Crippen LogP contribution < -0.4 is 11.1 Å². The van der Waals surface area contributed by atoms with Gasteiger partial charge in [-0.15, -0.1) is 12.4 Å². The van der Waals surface area contributed by atoms with Crippen molar-refractivity contribution in [3.63, 3.8) is 0 Å². The summed E-state index contributed by atoms with van der Waals surface area (Å²) in [7, 11) is 0. The Balaban J connectivity index is 0.00000192. The minimum absolute atomic E-state index is 0. The Bertz CT molecular complexity index is 684. The van der Waals surface area contributed by atoms with Crippen LogP contribution in [0.15, 0.2) is 53.0 Å². The Kier molecular flexibility index (Phi) is 5.71. The summed E-state index contributed by atoms with van der Waals surface area (Å²) in [5.41, 5.74) is 8.78. The Morgan fingerprint density at radius 2 is 1.87 bits per heavy atom. The van der Waals surface area contributed by atoms with Crippen molar-refractivity contribution < 1.29 is 4.79 Å². The van der Waals surface area contributed by atoms with Crippen LogP contribution in [-0.4, -0.2) is 12.5 Å². The Morgan fingerprint density at radius 1 is 1.17 bits per heavy atom. The fourth-order valence-electron chi connectivity index (χ4n) is 2.69. The van der Waals surface area contributed by atoms with Crippen molar-refractivity contribution in [3.05, 3.63) is 64.1 Å². The van der Waals surface area contributed by atoms with Crippen LogP contribution in [0.3, 0.4) is 0 Å². The lowest BCUT2D eigenvalue weighted by Crippen LogP contribution is -2.33. The molecule has 3 rings (SSSR count). The first-order valence-corrected chi connectivity index (χ1v) is 8.24. The van der Waals surface area contributed by atoms with E-state index in [1.165, 1.54) is 5.56 Å². The second kappa shape index (κ2) is 7.37. The van der Waals surface area contributed by atoms with Crippen molar-refractivity contribution in [2.45, 2.75) is 24.7 Å². The number of halogens is 2. The maximum absolute atomic E-state index is 12.1. The normalized spacial score (nSPS) is 14.7. The molecule has 0 saturated heterocycles. The third kappa shape index (κ3) is 4.49. The number of nitrogen functional groups attached to an aromatic ring is 1. The second-order valence-corrected chi connectivity index (χ2v) is 6.90. The molecular formula is C18H20BrClN2O. The van der Waals surface area contributed by atoms with Crippen molar-refractivity contribution in [1.82, 2.24) is 5.32 Å². The van der Waals surface area contributed by atoms with E-state index in [-0.39, 0.29) is 23.7 Å². The fourth-order valence-corrected chi connectivity index (χ4v) is 3.09. The third-order valence-corrected chi connectivity index (χ3v) is 4.75. The zero-order valence-corrected chi connectivity index (χ0v) is 15.1. The highest BCUT2D eigenvalue weighted by Gasteiger charge is 2.44. The highest BCUT2D eigenvalue weighted by atomic mass is 79.9. The number of anilines is 1. The molecule has 0 aliphatic heterocycles. The van der Waals surface area contributed by atoms with Gasteiger partial charge in [0.05, 0.1) is 6.42 Å². The van der Waals surface area contributed by atoms with Crippen molar-refractivity contribution in [2.24, 2.45) is 0 Å². The van der Waals surface area contributed by atoms with Gasteiger partial charge in [0.25, 0.3) is 0 Å². The van der Waals surface area contributed by atoms with E-state index < -0.39 is 0 Å². The molecule has 1 saturated carbocycles. The number of carbonyl (C=O) groups is 1. The van der Waals surface area contributed by atoms with E-state index in [0.29, 0.717) is 13.0 Å². The first-order valence-electron chi connectivity index (χ1n) is 7.45. The van der Waals surface area contributed by atoms with E-state index in [1.54, 1.807) is 0 Å². The lowest BCUT2D eigenvalue weighted by Gasteiger charge is -2.17. The molecule has 0 radical (unpaired) electrons. The summed E-state index contributed by atoms with van der Waals surface area (Å²) in [5, 5.41) is 3.08. The largest absolute Gasteiger partial charge is 0.399 e. The maximum atomic E-state index is 12.1. The molecule has 122 valence electrons. The molecule has 2 aromatic rings. The highest BCUT2D eigenvalue weighted by Crippen LogP contribution is 2.48. The van der Waals surface area contributed by atoms with E-state index >= 15 is 0 Å².